The average molecular weight is 539 g/mol. The van der Waals surface area contributed by atoms with Crippen LogP contribution in [-0.4, -0.2) is 17.1 Å². The van der Waals surface area contributed by atoms with E-state index >= 15 is 0 Å². The topological polar surface area (TPSA) is 73.8 Å². The van der Waals surface area contributed by atoms with Crippen LogP contribution in [0.3, 0.4) is 0 Å². The van der Waals surface area contributed by atoms with Crippen LogP contribution in [0.2, 0.25) is 5.02 Å². The summed E-state index contributed by atoms with van der Waals surface area (Å²) in [4.78, 5) is 32.8. The molecule has 0 spiro atoms. The Hall–Kier alpha value is -3.20. The third-order valence-corrected chi connectivity index (χ3v) is 7.88. The Labute approximate surface area is 220 Å². The molecule has 0 unspecified atom stereocenters. The molecule has 0 radical (unpaired) electrons. The van der Waals surface area contributed by atoms with Gasteiger partial charge >= 0.3 is 5.97 Å². The van der Waals surface area contributed by atoms with Crippen LogP contribution in [0, 0.1) is 5.92 Å². The molecule has 3 aromatic heterocycles. The lowest BCUT2D eigenvalue weighted by Crippen LogP contribution is -2.39. The molecule has 1 aliphatic rings. The van der Waals surface area contributed by atoms with Crippen molar-refractivity contribution in [2.45, 2.75) is 26.8 Å². The summed E-state index contributed by atoms with van der Waals surface area (Å²) in [6, 6.07) is 14.3. The number of halogens is 1. The van der Waals surface area contributed by atoms with Gasteiger partial charge in [-0.05, 0) is 48.6 Å². The highest BCUT2D eigenvalue weighted by atomic mass is 35.5. The van der Waals surface area contributed by atoms with Gasteiger partial charge in [-0.3, -0.25) is 9.36 Å². The monoisotopic (exact) mass is 538 g/mol. The molecule has 0 amide bonds. The first-order valence-corrected chi connectivity index (χ1v) is 13.5. The first-order valence-electron chi connectivity index (χ1n) is 11.4. The van der Waals surface area contributed by atoms with Gasteiger partial charge in [0.1, 0.15) is 17.6 Å². The number of rotatable bonds is 6. The Bertz CT molecular complexity index is 1640. The van der Waals surface area contributed by atoms with Crippen molar-refractivity contribution in [2.24, 2.45) is 10.9 Å². The van der Waals surface area contributed by atoms with Gasteiger partial charge in [-0.25, -0.2) is 9.79 Å². The Balaban J connectivity index is 1.59. The quantitative estimate of drug-likeness (QED) is 0.308. The van der Waals surface area contributed by atoms with Crippen molar-refractivity contribution in [3.8, 4) is 11.3 Å². The van der Waals surface area contributed by atoms with E-state index in [-0.39, 0.29) is 11.5 Å². The predicted octanol–water partition coefficient (Wildman–Crippen LogP) is 5.41. The summed E-state index contributed by atoms with van der Waals surface area (Å²) in [5, 5.41) is 2.51. The van der Waals surface area contributed by atoms with Crippen LogP contribution < -0.4 is 14.9 Å². The first kappa shape index (κ1) is 24.5. The number of esters is 1. The van der Waals surface area contributed by atoms with Crippen molar-refractivity contribution in [3.05, 3.63) is 101 Å². The van der Waals surface area contributed by atoms with Crippen molar-refractivity contribution in [3.63, 3.8) is 0 Å². The first-order chi connectivity index (χ1) is 17.3. The summed E-state index contributed by atoms with van der Waals surface area (Å²) >= 11 is 9.05. The third-order valence-electron chi connectivity index (χ3n) is 5.64. The summed E-state index contributed by atoms with van der Waals surface area (Å²) in [6.45, 7) is 6.04. The SMILES string of the molecule is CC1=C(C(=O)OCC(C)C)[C@H](c2cccs2)n2c(s/c(=C\c3ccc(-c4ccccc4Cl)o3)c2=O)=N1. The van der Waals surface area contributed by atoms with E-state index in [1.807, 2.05) is 55.6 Å². The van der Waals surface area contributed by atoms with Gasteiger partial charge in [0.15, 0.2) is 4.80 Å². The van der Waals surface area contributed by atoms with E-state index in [9.17, 15) is 9.59 Å². The van der Waals surface area contributed by atoms with E-state index < -0.39 is 12.0 Å². The van der Waals surface area contributed by atoms with Crippen LogP contribution in [-0.2, 0) is 9.53 Å². The minimum Gasteiger partial charge on any atom is -0.462 e. The summed E-state index contributed by atoms with van der Waals surface area (Å²) in [5.74, 6) is 0.880. The maximum absolute atomic E-state index is 13.6. The third kappa shape index (κ3) is 4.64. The van der Waals surface area contributed by atoms with Crippen LogP contribution in [0.15, 0.2) is 79.4 Å². The second-order valence-electron chi connectivity index (χ2n) is 8.77. The second kappa shape index (κ2) is 10.0. The van der Waals surface area contributed by atoms with Gasteiger partial charge in [0, 0.05) is 16.5 Å². The van der Waals surface area contributed by atoms with Gasteiger partial charge in [0.25, 0.3) is 5.56 Å². The highest BCUT2D eigenvalue weighted by molar-refractivity contribution is 7.10. The van der Waals surface area contributed by atoms with Crippen molar-refractivity contribution in [1.29, 1.82) is 0 Å². The molecule has 0 fully saturated rings. The van der Waals surface area contributed by atoms with E-state index in [1.165, 1.54) is 22.7 Å². The fourth-order valence-electron chi connectivity index (χ4n) is 3.98. The van der Waals surface area contributed by atoms with Crippen LogP contribution in [0.1, 0.15) is 37.5 Å². The number of hydrogen-bond donors (Lipinski definition) is 0. The highest BCUT2D eigenvalue weighted by Gasteiger charge is 2.34. The number of carbonyl (C=O) groups excluding carboxylic acids is 1. The van der Waals surface area contributed by atoms with Crippen LogP contribution in [0.5, 0.6) is 0 Å². The zero-order valence-electron chi connectivity index (χ0n) is 19.9. The summed E-state index contributed by atoms with van der Waals surface area (Å²) in [5.41, 5.74) is 1.47. The molecular formula is C27H23ClN2O4S2. The molecule has 9 heteroatoms. The molecule has 0 saturated heterocycles. The van der Waals surface area contributed by atoms with Gasteiger partial charge in [-0.15, -0.1) is 11.3 Å². The largest absolute Gasteiger partial charge is 0.462 e. The maximum Gasteiger partial charge on any atom is 0.338 e. The molecule has 0 bridgehead atoms. The number of ether oxygens (including phenoxy) is 1. The maximum atomic E-state index is 13.6. The molecule has 6 nitrogen and oxygen atoms in total. The Morgan fingerprint density at radius 2 is 2.03 bits per heavy atom. The van der Waals surface area contributed by atoms with E-state index in [1.54, 1.807) is 29.7 Å². The highest BCUT2D eigenvalue weighted by Crippen LogP contribution is 2.33. The Kier molecular flexibility index (Phi) is 6.83. The van der Waals surface area contributed by atoms with Crippen molar-refractivity contribution in [1.82, 2.24) is 4.57 Å². The number of hydrogen-bond acceptors (Lipinski definition) is 7. The van der Waals surface area contributed by atoms with Crippen molar-refractivity contribution < 1.29 is 13.9 Å². The molecule has 0 N–H and O–H groups in total. The molecule has 4 aromatic rings. The Morgan fingerprint density at radius 1 is 1.22 bits per heavy atom. The number of nitrogens with zero attached hydrogens (tertiary/aromatic N) is 2. The van der Waals surface area contributed by atoms with E-state index in [0.29, 0.717) is 43.8 Å². The molecule has 1 aliphatic heterocycles. The summed E-state index contributed by atoms with van der Waals surface area (Å²) in [6.07, 6.45) is 1.70. The van der Waals surface area contributed by atoms with Gasteiger partial charge in [-0.1, -0.05) is 55.0 Å². The average Bonchev–Trinajstić information content (AvgIpc) is 3.59. The van der Waals surface area contributed by atoms with E-state index in [2.05, 4.69) is 4.99 Å². The van der Waals surface area contributed by atoms with Crippen LogP contribution >= 0.6 is 34.3 Å². The van der Waals surface area contributed by atoms with Crippen LogP contribution in [0.25, 0.3) is 17.4 Å². The minimum atomic E-state index is -0.599. The van der Waals surface area contributed by atoms with Gasteiger partial charge in [-0.2, -0.15) is 0 Å². The number of thiazole rings is 1. The lowest BCUT2D eigenvalue weighted by Gasteiger charge is -2.23. The normalized spacial score (nSPS) is 15.8. The molecule has 36 heavy (non-hydrogen) atoms. The molecule has 1 aromatic carbocycles. The lowest BCUT2D eigenvalue weighted by atomic mass is 10.0. The molecular weight excluding hydrogens is 516 g/mol. The fourth-order valence-corrected chi connectivity index (χ4v) is 6.06. The number of benzene rings is 1. The van der Waals surface area contributed by atoms with Gasteiger partial charge in [0.05, 0.1) is 27.4 Å². The predicted molar refractivity (Wildman–Crippen MR) is 143 cm³/mol. The zero-order valence-corrected chi connectivity index (χ0v) is 22.2. The summed E-state index contributed by atoms with van der Waals surface area (Å²) in [7, 11) is 0. The summed E-state index contributed by atoms with van der Waals surface area (Å²) < 4.78 is 13.6. The molecule has 184 valence electrons. The number of thiophene rings is 1. The molecule has 4 heterocycles. The fraction of sp³-hybridized carbons (Fsp3) is 0.222. The van der Waals surface area contributed by atoms with Gasteiger partial charge in [0.2, 0.25) is 0 Å². The minimum absolute atomic E-state index is 0.195. The number of allylic oxidation sites excluding steroid dienone is 1. The lowest BCUT2D eigenvalue weighted by molar-refractivity contribution is -0.140. The number of aromatic nitrogens is 1. The standard InChI is InChI=1S/C27H23ClN2O4S2/c1-15(2)14-33-26(32)23-16(3)29-27-30(24(23)21-9-6-12-35-21)25(31)22(36-27)13-17-10-11-20(34-17)18-7-4-5-8-19(18)28/h4-13,15,24H,14H2,1-3H3/b22-13-/t24-/m0/s1. The number of carbonyl (C=O) groups is 1. The van der Waals surface area contributed by atoms with Crippen molar-refractivity contribution >= 4 is 46.3 Å². The molecule has 0 saturated carbocycles. The van der Waals surface area contributed by atoms with Crippen LogP contribution in [0.4, 0.5) is 0 Å². The van der Waals surface area contributed by atoms with Crippen molar-refractivity contribution in [2.75, 3.05) is 6.61 Å². The smallest absolute Gasteiger partial charge is 0.338 e. The van der Waals surface area contributed by atoms with E-state index in [4.69, 9.17) is 20.8 Å². The van der Waals surface area contributed by atoms with Gasteiger partial charge < -0.3 is 9.15 Å². The molecule has 5 rings (SSSR count). The number of furan rings is 1. The molecule has 1 atom stereocenters. The second-order valence-corrected chi connectivity index (χ2v) is 11.2. The Morgan fingerprint density at radius 3 is 2.75 bits per heavy atom. The number of fused-ring (bicyclic) bond motifs is 1. The molecule has 0 aliphatic carbocycles. The van der Waals surface area contributed by atoms with E-state index in [0.717, 1.165) is 10.4 Å². The zero-order chi connectivity index (χ0) is 25.4.